The molecular formula is C24H20N2O5. The van der Waals surface area contributed by atoms with Crippen LogP contribution in [0.4, 0.5) is 11.4 Å². The van der Waals surface area contributed by atoms with Gasteiger partial charge in [-0.25, -0.2) is 9.96 Å². The first-order chi connectivity index (χ1) is 15.1. The number of phenolic OH excluding ortho intramolecular Hbond substituents is 1. The van der Waals surface area contributed by atoms with Crippen molar-refractivity contribution in [1.82, 2.24) is 0 Å². The van der Waals surface area contributed by atoms with Crippen LogP contribution in [-0.2, 0) is 14.4 Å². The Morgan fingerprint density at radius 1 is 0.871 bits per heavy atom. The van der Waals surface area contributed by atoms with Gasteiger partial charge in [0.05, 0.1) is 24.5 Å². The summed E-state index contributed by atoms with van der Waals surface area (Å²) in [5.41, 5.74) is 1.58. The highest BCUT2D eigenvalue weighted by Gasteiger charge is 2.61. The van der Waals surface area contributed by atoms with E-state index in [0.29, 0.717) is 22.7 Å². The molecule has 0 aromatic heterocycles. The van der Waals surface area contributed by atoms with Gasteiger partial charge < -0.3 is 9.84 Å². The topological polar surface area (TPSA) is 79.3 Å². The number of benzene rings is 3. The summed E-state index contributed by atoms with van der Waals surface area (Å²) in [7, 11) is 1.49. The highest BCUT2D eigenvalue weighted by Crippen LogP contribution is 2.50. The molecule has 0 saturated carbocycles. The Labute approximate surface area is 179 Å². The minimum Gasteiger partial charge on any atom is -0.508 e. The number of carbonyl (C=O) groups excluding carboxylic acids is 2. The minimum absolute atomic E-state index is 0.0358. The Morgan fingerprint density at radius 2 is 1.55 bits per heavy atom. The maximum atomic E-state index is 13.6. The number of hydrogen-bond donors (Lipinski definition) is 1. The molecule has 1 N–H and O–H groups in total. The monoisotopic (exact) mass is 416 g/mol. The van der Waals surface area contributed by atoms with Crippen LogP contribution in [0.15, 0.2) is 78.9 Å². The molecule has 0 bridgehead atoms. The summed E-state index contributed by atoms with van der Waals surface area (Å²) < 4.78 is 5.36. The highest BCUT2D eigenvalue weighted by molar-refractivity contribution is 6.24. The number of nitrogens with zero attached hydrogens (tertiary/aromatic N) is 2. The summed E-state index contributed by atoms with van der Waals surface area (Å²) >= 11 is 0. The number of hydrogen-bond acceptors (Lipinski definition) is 6. The van der Waals surface area contributed by atoms with E-state index < -0.39 is 29.9 Å². The number of methoxy groups -OCH3 is 1. The Hall–Kier alpha value is -3.84. The van der Waals surface area contributed by atoms with Gasteiger partial charge in [0, 0.05) is 5.56 Å². The van der Waals surface area contributed by atoms with Crippen molar-refractivity contribution < 1.29 is 24.3 Å². The van der Waals surface area contributed by atoms with Gasteiger partial charge in [-0.2, -0.15) is 0 Å². The molecule has 2 amide bonds. The maximum absolute atomic E-state index is 13.6. The van der Waals surface area contributed by atoms with E-state index >= 15 is 0 Å². The van der Waals surface area contributed by atoms with Crippen molar-refractivity contribution in [3.63, 3.8) is 0 Å². The molecule has 7 heteroatoms. The molecule has 2 fully saturated rings. The predicted molar refractivity (Wildman–Crippen MR) is 114 cm³/mol. The van der Waals surface area contributed by atoms with Crippen molar-refractivity contribution in [1.29, 1.82) is 0 Å². The van der Waals surface area contributed by atoms with Crippen LogP contribution < -0.4 is 14.7 Å². The van der Waals surface area contributed by atoms with Gasteiger partial charge in [-0.15, -0.1) is 0 Å². The summed E-state index contributed by atoms with van der Waals surface area (Å²) in [6, 6.07) is 22.2. The van der Waals surface area contributed by atoms with E-state index in [-0.39, 0.29) is 5.75 Å². The standard InChI is InChI=1S/C24H20N2O5/c1-30-19-14-8-6-12-17(19)25-23(28)20-21(16-11-5-7-13-18(16)27)26(31-22(20)24(25)29)15-9-3-2-4-10-15/h2-14,20-22,27H,1H3/t20-,21+,22+/m0/s1. The number of aromatic hydroxyl groups is 1. The molecule has 156 valence electrons. The third kappa shape index (κ3) is 2.93. The van der Waals surface area contributed by atoms with Crippen LogP contribution in [0.5, 0.6) is 11.5 Å². The van der Waals surface area contributed by atoms with E-state index in [1.807, 2.05) is 30.3 Å². The molecule has 0 radical (unpaired) electrons. The zero-order valence-electron chi connectivity index (χ0n) is 16.7. The molecule has 7 nitrogen and oxygen atoms in total. The zero-order valence-corrected chi connectivity index (χ0v) is 16.7. The fourth-order valence-corrected chi connectivity index (χ4v) is 4.32. The molecule has 2 aliphatic rings. The smallest absolute Gasteiger partial charge is 0.266 e. The van der Waals surface area contributed by atoms with Crippen LogP contribution in [0.1, 0.15) is 11.6 Å². The van der Waals surface area contributed by atoms with Gasteiger partial charge in [-0.3, -0.25) is 14.4 Å². The molecule has 2 aliphatic heterocycles. The molecule has 0 unspecified atom stereocenters. The number of hydroxylamine groups is 1. The summed E-state index contributed by atoms with van der Waals surface area (Å²) in [5, 5.41) is 12.1. The minimum atomic E-state index is -1.01. The van der Waals surface area contributed by atoms with Crippen LogP contribution in [-0.4, -0.2) is 30.1 Å². The van der Waals surface area contributed by atoms with Gasteiger partial charge in [-0.05, 0) is 30.3 Å². The van der Waals surface area contributed by atoms with Crippen molar-refractivity contribution in [2.45, 2.75) is 12.1 Å². The summed E-state index contributed by atoms with van der Waals surface area (Å²) in [5.74, 6) is -1.23. The van der Waals surface area contributed by atoms with E-state index in [0.717, 1.165) is 4.90 Å². The molecular weight excluding hydrogens is 396 g/mol. The van der Waals surface area contributed by atoms with Crippen LogP contribution in [0.3, 0.4) is 0 Å². The Morgan fingerprint density at radius 3 is 2.29 bits per heavy atom. The van der Waals surface area contributed by atoms with Crippen molar-refractivity contribution >= 4 is 23.2 Å². The van der Waals surface area contributed by atoms with Crippen LogP contribution in [0.25, 0.3) is 0 Å². The van der Waals surface area contributed by atoms with Gasteiger partial charge in [0.25, 0.3) is 5.91 Å². The first-order valence-electron chi connectivity index (χ1n) is 9.91. The van der Waals surface area contributed by atoms with Crippen LogP contribution in [0.2, 0.25) is 0 Å². The lowest BCUT2D eigenvalue weighted by Crippen LogP contribution is -2.37. The number of imide groups is 1. The van der Waals surface area contributed by atoms with E-state index in [9.17, 15) is 14.7 Å². The van der Waals surface area contributed by atoms with Gasteiger partial charge >= 0.3 is 0 Å². The average Bonchev–Trinajstić information content (AvgIpc) is 3.31. The first-order valence-corrected chi connectivity index (χ1v) is 9.91. The van der Waals surface area contributed by atoms with Crippen molar-refractivity contribution in [2.24, 2.45) is 5.92 Å². The number of fused-ring (bicyclic) bond motifs is 1. The zero-order chi connectivity index (χ0) is 21.5. The normalized spacial score (nSPS) is 22.7. The molecule has 31 heavy (non-hydrogen) atoms. The number of amides is 2. The van der Waals surface area contributed by atoms with Crippen LogP contribution in [0, 0.1) is 5.92 Å². The Bertz CT molecular complexity index is 1150. The molecule has 5 rings (SSSR count). The van der Waals surface area contributed by atoms with E-state index in [2.05, 4.69) is 0 Å². The lowest BCUT2D eigenvalue weighted by Gasteiger charge is -2.29. The number of ether oxygens (including phenoxy) is 1. The lowest BCUT2D eigenvalue weighted by atomic mass is 9.90. The van der Waals surface area contributed by atoms with Crippen molar-refractivity contribution in [3.8, 4) is 11.5 Å². The SMILES string of the molecule is COc1ccccc1N1C(=O)[C@H]2[C@@H](c3ccccc3O)N(c3ccccc3)O[C@H]2C1=O. The van der Waals surface area contributed by atoms with Gasteiger partial charge in [0.1, 0.15) is 17.4 Å². The second-order valence-electron chi connectivity index (χ2n) is 7.40. The number of phenols is 1. The Balaban J connectivity index is 1.62. The molecule has 2 saturated heterocycles. The summed E-state index contributed by atoms with van der Waals surface area (Å²) in [4.78, 5) is 34.1. The lowest BCUT2D eigenvalue weighted by molar-refractivity contribution is -0.126. The fourth-order valence-electron chi connectivity index (χ4n) is 4.32. The quantitative estimate of drug-likeness (QED) is 0.657. The van der Waals surface area contributed by atoms with Crippen molar-refractivity contribution in [3.05, 3.63) is 84.4 Å². The molecule has 0 aliphatic carbocycles. The molecule has 0 spiro atoms. The molecule has 3 aromatic rings. The number of para-hydroxylation sites is 4. The number of carbonyl (C=O) groups is 2. The third-order valence-electron chi connectivity index (χ3n) is 5.71. The second kappa shape index (κ2) is 7.45. The molecule has 2 heterocycles. The predicted octanol–water partition coefficient (Wildman–Crippen LogP) is 3.45. The van der Waals surface area contributed by atoms with Crippen LogP contribution >= 0.6 is 0 Å². The van der Waals surface area contributed by atoms with E-state index in [4.69, 9.17) is 9.57 Å². The van der Waals surface area contributed by atoms with Crippen molar-refractivity contribution in [2.75, 3.05) is 17.1 Å². The molecule has 3 atom stereocenters. The number of anilines is 2. The number of rotatable bonds is 4. The largest absolute Gasteiger partial charge is 0.508 e. The molecule has 3 aromatic carbocycles. The maximum Gasteiger partial charge on any atom is 0.266 e. The fraction of sp³-hybridized carbons (Fsp3) is 0.167. The third-order valence-corrected chi connectivity index (χ3v) is 5.71. The Kier molecular flexibility index (Phi) is 4.60. The van der Waals surface area contributed by atoms with Gasteiger partial charge in [0.15, 0.2) is 6.10 Å². The van der Waals surface area contributed by atoms with Gasteiger partial charge in [0.2, 0.25) is 5.91 Å². The highest BCUT2D eigenvalue weighted by atomic mass is 16.7. The average molecular weight is 416 g/mol. The first kappa shape index (κ1) is 19.1. The second-order valence-corrected chi connectivity index (χ2v) is 7.40. The summed E-state index contributed by atoms with van der Waals surface area (Å²) in [6.07, 6.45) is -1.01. The van der Waals surface area contributed by atoms with E-state index in [1.165, 1.54) is 7.11 Å². The summed E-state index contributed by atoms with van der Waals surface area (Å²) in [6.45, 7) is 0. The van der Waals surface area contributed by atoms with Gasteiger partial charge in [-0.1, -0.05) is 48.5 Å². The van der Waals surface area contributed by atoms with E-state index in [1.54, 1.807) is 53.6 Å².